The normalized spacial score (nSPS) is 14.6. The van der Waals surface area contributed by atoms with E-state index < -0.39 is 0 Å². The van der Waals surface area contributed by atoms with Crippen molar-refractivity contribution >= 4 is 17.5 Å². The molecule has 0 saturated carbocycles. The van der Waals surface area contributed by atoms with Crippen molar-refractivity contribution in [1.29, 1.82) is 0 Å². The van der Waals surface area contributed by atoms with Crippen molar-refractivity contribution in [2.45, 2.75) is 26.3 Å². The van der Waals surface area contributed by atoms with Crippen molar-refractivity contribution in [2.24, 2.45) is 0 Å². The summed E-state index contributed by atoms with van der Waals surface area (Å²) in [6, 6.07) is 15.4. The maximum atomic E-state index is 11.5. The van der Waals surface area contributed by atoms with Crippen LogP contribution in [0.2, 0.25) is 5.02 Å². The van der Waals surface area contributed by atoms with Crippen LogP contribution < -0.4 is 9.47 Å². The number of benzene rings is 2. The molecule has 0 N–H and O–H groups in total. The molecule has 0 aromatic heterocycles. The van der Waals surface area contributed by atoms with Crippen molar-refractivity contribution in [1.82, 2.24) is 9.80 Å². The highest BCUT2D eigenvalue weighted by Crippen LogP contribution is 2.20. The molecule has 154 valence electrons. The second-order valence-electron chi connectivity index (χ2n) is 7.10. The lowest BCUT2D eigenvalue weighted by molar-refractivity contribution is 0.101. The van der Waals surface area contributed by atoms with Gasteiger partial charge in [0.2, 0.25) is 0 Å². The summed E-state index contributed by atoms with van der Waals surface area (Å²) < 4.78 is 11.5. The third kappa shape index (κ3) is 6.53. The average molecular weight is 415 g/mol. The smallest absolute Gasteiger partial charge is 0.161 e. The van der Waals surface area contributed by atoms with E-state index in [1.807, 2.05) is 53.4 Å². The fraction of sp³-hybridized carbons (Fsp3) is 0.391. The molecule has 29 heavy (non-hydrogen) atoms. The van der Waals surface area contributed by atoms with Crippen LogP contribution in [0.5, 0.6) is 11.5 Å². The summed E-state index contributed by atoms with van der Waals surface area (Å²) in [5.74, 6) is 3.68. The Hall–Kier alpha value is -2.46. The van der Waals surface area contributed by atoms with Crippen molar-refractivity contribution < 1.29 is 14.3 Å². The van der Waals surface area contributed by atoms with E-state index in [0.717, 1.165) is 55.6 Å². The van der Waals surface area contributed by atoms with Crippen LogP contribution in [0.3, 0.4) is 0 Å². The summed E-state index contributed by atoms with van der Waals surface area (Å²) in [6.45, 7) is 6.09. The summed E-state index contributed by atoms with van der Waals surface area (Å²) in [7, 11) is 0. The number of carbonyl (C=O) groups excluding carboxylic acids is 1. The van der Waals surface area contributed by atoms with Crippen molar-refractivity contribution in [3.63, 3.8) is 0 Å². The Morgan fingerprint density at radius 3 is 2.34 bits per heavy atom. The minimum Gasteiger partial charge on any atom is -0.494 e. The largest absolute Gasteiger partial charge is 0.494 e. The first-order valence-electron chi connectivity index (χ1n) is 9.99. The summed E-state index contributed by atoms with van der Waals surface area (Å²) in [5, 5.41) is 0.727. The predicted molar refractivity (Wildman–Crippen MR) is 115 cm³/mol. The highest BCUT2D eigenvalue weighted by Gasteiger charge is 2.22. The highest BCUT2D eigenvalue weighted by molar-refractivity contribution is 6.30. The zero-order valence-corrected chi connectivity index (χ0v) is 17.5. The van der Waals surface area contributed by atoms with Gasteiger partial charge in [0.05, 0.1) is 6.61 Å². The maximum Gasteiger partial charge on any atom is 0.161 e. The SMILES string of the molecule is CCCCOc1ccc(OCN2CCN(Cc3ccc(Cl)cc3)CC2=C=O)cc1. The number of nitrogens with zero attached hydrogens (tertiary/aromatic N) is 2. The van der Waals surface area contributed by atoms with E-state index in [9.17, 15) is 4.79 Å². The molecule has 0 spiro atoms. The highest BCUT2D eigenvalue weighted by atomic mass is 35.5. The molecule has 1 heterocycles. The van der Waals surface area contributed by atoms with Gasteiger partial charge in [-0.25, -0.2) is 4.79 Å². The standard InChI is InChI=1S/C23H27ClN2O3/c1-2-3-14-28-22-8-10-23(11-9-22)29-18-26-13-12-25(16-21(26)17-27)15-19-4-6-20(24)7-5-19/h4-11H,2-3,12-16,18H2,1H3. The summed E-state index contributed by atoms with van der Waals surface area (Å²) in [4.78, 5) is 15.6. The summed E-state index contributed by atoms with van der Waals surface area (Å²) in [6.07, 6.45) is 2.16. The van der Waals surface area contributed by atoms with Gasteiger partial charge in [0, 0.05) is 31.2 Å². The molecule has 3 rings (SSSR count). The maximum absolute atomic E-state index is 11.5. The molecule has 0 atom stereocenters. The number of piperazine rings is 1. The molecule has 0 bridgehead atoms. The molecule has 1 aliphatic heterocycles. The van der Waals surface area contributed by atoms with Gasteiger partial charge in [-0.3, -0.25) is 4.90 Å². The van der Waals surface area contributed by atoms with Crippen LogP contribution in [0, 0.1) is 0 Å². The van der Waals surface area contributed by atoms with Crippen LogP contribution in [0.25, 0.3) is 0 Å². The third-order valence-corrected chi connectivity index (χ3v) is 5.11. The van der Waals surface area contributed by atoms with Crippen LogP contribution >= 0.6 is 11.6 Å². The molecule has 0 aliphatic carbocycles. The molecule has 0 amide bonds. The third-order valence-electron chi connectivity index (χ3n) is 4.86. The van der Waals surface area contributed by atoms with Gasteiger partial charge in [-0.15, -0.1) is 0 Å². The Morgan fingerprint density at radius 1 is 1.00 bits per heavy atom. The molecule has 0 unspecified atom stereocenters. The second-order valence-corrected chi connectivity index (χ2v) is 7.53. The molecule has 5 nitrogen and oxygen atoms in total. The van der Waals surface area contributed by atoms with Crippen molar-refractivity contribution in [3.8, 4) is 11.5 Å². The van der Waals surface area contributed by atoms with Gasteiger partial charge in [0.15, 0.2) is 6.73 Å². The second kappa shape index (κ2) is 10.9. The van der Waals surface area contributed by atoms with E-state index in [1.165, 1.54) is 5.56 Å². The Labute approximate surface area is 177 Å². The Kier molecular flexibility index (Phi) is 8.00. The quantitative estimate of drug-likeness (QED) is 0.449. The zero-order chi connectivity index (χ0) is 20.5. The van der Waals surface area contributed by atoms with Gasteiger partial charge in [-0.2, -0.15) is 0 Å². The van der Waals surface area contributed by atoms with E-state index in [0.29, 0.717) is 19.0 Å². The van der Waals surface area contributed by atoms with E-state index in [-0.39, 0.29) is 0 Å². The Bertz CT molecular complexity index is 817. The molecular formula is C23H27ClN2O3. The van der Waals surface area contributed by atoms with Gasteiger partial charge in [-0.1, -0.05) is 37.1 Å². The zero-order valence-electron chi connectivity index (χ0n) is 16.8. The van der Waals surface area contributed by atoms with Crippen LogP contribution in [0.4, 0.5) is 0 Å². The van der Waals surface area contributed by atoms with Crippen molar-refractivity contribution in [3.05, 3.63) is 64.8 Å². The average Bonchev–Trinajstić information content (AvgIpc) is 2.75. The molecule has 2 aromatic rings. The first kappa shape index (κ1) is 21.3. The van der Waals surface area contributed by atoms with E-state index in [1.54, 1.807) is 0 Å². The van der Waals surface area contributed by atoms with Crippen LogP contribution in [-0.4, -0.2) is 48.7 Å². The Balaban J connectivity index is 1.48. The minimum atomic E-state index is 0.329. The topological polar surface area (TPSA) is 42.0 Å². The van der Waals surface area contributed by atoms with Gasteiger partial charge in [-0.05, 0) is 48.4 Å². The predicted octanol–water partition coefficient (Wildman–Crippen LogP) is 4.39. The fourth-order valence-corrected chi connectivity index (χ4v) is 3.26. The molecule has 2 aromatic carbocycles. The summed E-state index contributed by atoms with van der Waals surface area (Å²) in [5.41, 5.74) is 1.79. The fourth-order valence-electron chi connectivity index (χ4n) is 3.13. The van der Waals surface area contributed by atoms with Crippen molar-refractivity contribution in [2.75, 3.05) is 33.0 Å². The van der Waals surface area contributed by atoms with Gasteiger partial charge < -0.3 is 14.4 Å². The minimum absolute atomic E-state index is 0.329. The molecule has 6 heteroatoms. The van der Waals surface area contributed by atoms with E-state index >= 15 is 0 Å². The van der Waals surface area contributed by atoms with Crippen LogP contribution in [-0.2, 0) is 11.3 Å². The van der Waals surface area contributed by atoms with Gasteiger partial charge in [0.1, 0.15) is 23.1 Å². The molecular weight excluding hydrogens is 388 g/mol. The number of hydrogen-bond donors (Lipinski definition) is 0. The van der Waals surface area contributed by atoms with E-state index in [2.05, 4.69) is 17.8 Å². The lowest BCUT2D eigenvalue weighted by Crippen LogP contribution is -2.45. The Morgan fingerprint density at radius 2 is 1.69 bits per heavy atom. The molecule has 1 saturated heterocycles. The summed E-state index contributed by atoms with van der Waals surface area (Å²) >= 11 is 5.94. The monoisotopic (exact) mass is 414 g/mol. The van der Waals surface area contributed by atoms with Crippen LogP contribution in [0.1, 0.15) is 25.3 Å². The number of ether oxygens (including phenoxy) is 2. The molecule has 0 radical (unpaired) electrons. The van der Waals surface area contributed by atoms with Gasteiger partial charge in [0.25, 0.3) is 0 Å². The lowest BCUT2D eigenvalue weighted by Gasteiger charge is -2.36. The van der Waals surface area contributed by atoms with Gasteiger partial charge >= 0.3 is 0 Å². The number of rotatable bonds is 9. The number of halogens is 1. The first-order chi connectivity index (χ1) is 14.2. The molecule has 1 aliphatic rings. The lowest BCUT2D eigenvalue weighted by atomic mass is 10.2. The van der Waals surface area contributed by atoms with Crippen LogP contribution in [0.15, 0.2) is 54.2 Å². The number of unbranched alkanes of at least 4 members (excludes halogenated alkanes) is 1. The van der Waals surface area contributed by atoms with E-state index in [4.69, 9.17) is 21.1 Å². The number of hydrogen-bond acceptors (Lipinski definition) is 5. The first-order valence-corrected chi connectivity index (χ1v) is 10.4. The molecule has 1 fully saturated rings.